The molecule has 24 heteroatoms. The maximum Gasteiger partial charge on any atom is 0.393 e. The van der Waals surface area contributed by atoms with E-state index in [2.05, 4.69) is 18.1 Å². The zero-order chi connectivity index (χ0) is 26.5. The van der Waals surface area contributed by atoms with Crippen LogP contribution in [0.1, 0.15) is 0 Å². The van der Waals surface area contributed by atoms with Gasteiger partial charge in [0, 0.05) is 0 Å². The molecule has 0 aliphatic heterocycles. The van der Waals surface area contributed by atoms with Crippen molar-refractivity contribution in [1.82, 2.24) is 19.3 Å². The lowest BCUT2D eigenvalue weighted by atomic mass is 9.93. The Bertz CT molecular complexity index is 688. The lowest BCUT2D eigenvalue weighted by Gasteiger charge is -2.39. The second-order valence-corrected chi connectivity index (χ2v) is 13.6. The Morgan fingerprint density at radius 3 is 0.818 bits per heavy atom. The highest BCUT2D eigenvalue weighted by atomic mass is 31.2. The van der Waals surface area contributed by atoms with Crippen LogP contribution in [0.15, 0.2) is 0 Å². The molecule has 0 saturated heterocycles. The molecular weight excluding hydrogens is 544 g/mol. The number of hydrogen-bond acceptors (Lipinski definition) is 12. The van der Waals surface area contributed by atoms with Gasteiger partial charge in [0.2, 0.25) is 0 Å². The van der Waals surface area contributed by atoms with E-state index in [4.69, 9.17) is 0 Å². The number of nitrogens with zero attached hydrogens (tertiary/aromatic N) is 4. The second-order valence-electron chi connectivity index (χ2n) is 6.41. The molecular formula is C9H24N4O16P4-4. The van der Waals surface area contributed by atoms with Gasteiger partial charge in [0.05, 0.1) is 31.8 Å². The van der Waals surface area contributed by atoms with Gasteiger partial charge >= 0.3 is 31.0 Å². The van der Waals surface area contributed by atoms with Crippen LogP contribution in [-0.4, -0.2) is 93.5 Å². The summed E-state index contributed by atoms with van der Waals surface area (Å²) < 4.78 is 65.4. The van der Waals surface area contributed by atoms with Crippen molar-refractivity contribution in [3.05, 3.63) is 20.8 Å². The van der Waals surface area contributed by atoms with E-state index in [-0.39, 0.29) is 0 Å². The topological polar surface area (TPSA) is 291 Å². The van der Waals surface area contributed by atoms with Crippen LogP contribution in [0.5, 0.6) is 0 Å². The Labute approximate surface area is 187 Å². The van der Waals surface area contributed by atoms with Crippen LogP contribution < -0.4 is 0 Å². The van der Waals surface area contributed by atoms with Crippen LogP contribution >= 0.6 is 31.0 Å². The Morgan fingerprint density at radius 2 is 0.697 bits per heavy atom. The molecule has 4 N–H and O–H groups in total. The van der Waals surface area contributed by atoms with E-state index in [0.717, 1.165) is 0 Å². The fourth-order valence-electron chi connectivity index (χ4n) is 1.46. The molecule has 4 unspecified atom stereocenters. The predicted molar refractivity (Wildman–Crippen MR) is 110 cm³/mol. The van der Waals surface area contributed by atoms with Gasteiger partial charge in [-0.3, -0.25) is 37.4 Å². The van der Waals surface area contributed by atoms with Gasteiger partial charge in [-0.15, -0.1) is 0 Å². The van der Waals surface area contributed by atoms with E-state index in [9.17, 15) is 58.7 Å². The molecule has 200 valence electrons. The molecule has 0 aliphatic carbocycles. The van der Waals surface area contributed by atoms with Crippen LogP contribution in [0, 0.1) is 26.2 Å². The number of hydroxylamine groups is 4. The van der Waals surface area contributed by atoms with Gasteiger partial charge in [0.15, 0.2) is 0 Å². The van der Waals surface area contributed by atoms with E-state index in [0.29, 0.717) is 28.2 Å². The van der Waals surface area contributed by atoms with Gasteiger partial charge < -0.3 is 40.4 Å². The van der Waals surface area contributed by atoms with Crippen molar-refractivity contribution in [2.24, 2.45) is 5.41 Å². The smallest absolute Gasteiger partial charge is 0.393 e. The maximum absolute atomic E-state index is 11.8. The first kappa shape index (κ1) is 33.3. The van der Waals surface area contributed by atoms with Crippen LogP contribution in [0.25, 0.3) is 0 Å². The van der Waals surface area contributed by atoms with Gasteiger partial charge in [-0.1, -0.05) is 0 Å². The summed E-state index contributed by atoms with van der Waals surface area (Å²) in [7, 11) is -18.2. The van der Waals surface area contributed by atoms with Crippen LogP contribution in [0.2, 0.25) is 0 Å². The molecule has 0 fully saturated rings. The molecule has 0 aromatic heterocycles. The van der Waals surface area contributed by atoms with E-state index >= 15 is 0 Å². The van der Waals surface area contributed by atoms with Crippen molar-refractivity contribution in [2.75, 3.05) is 54.6 Å². The molecule has 0 spiro atoms. The molecule has 0 radical (unpaired) electrons. The average Bonchev–Trinajstić information content (AvgIpc) is 2.66. The third kappa shape index (κ3) is 10.8. The fraction of sp³-hybridized carbons (Fsp3) is 1.00. The lowest BCUT2D eigenvalue weighted by Crippen LogP contribution is -2.42. The molecule has 0 aromatic carbocycles. The highest BCUT2D eigenvalue weighted by Gasteiger charge is 2.42. The molecule has 33 heavy (non-hydrogen) atoms. The van der Waals surface area contributed by atoms with E-state index in [1.54, 1.807) is 0 Å². The van der Waals surface area contributed by atoms with Crippen molar-refractivity contribution in [2.45, 2.75) is 0 Å². The SMILES string of the molecule is CN([O-])P(=O)(O)OCC(COP(=O)(O)N(C)[O-])(COP(=O)(O)N(C)[O-])COP(=O)(O)N(C)[O-]. The zero-order valence-corrected chi connectivity index (χ0v) is 21.2. The van der Waals surface area contributed by atoms with Gasteiger partial charge in [0.25, 0.3) is 0 Å². The summed E-state index contributed by atoms with van der Waals surface area (Å²) in [4.78, 5) is 36.0. The minimum atomic E-state index is -5.11. The summed E-state index contributed by atoms with van der Waals surface area (Å²) in [5, 5.41) is 44.8. The van der Waals surface area contributed by atoms with Gasteiger partial charge in [-0.05, 0) is 28.2 Å². The average molecular weight is 568 g/mol. The van der Waals surface area contributed by atoms with Crippen LogP contribution in [0.4, 0.5) is 0 Å². The van der Waals surface area contributed by atoms with Gasteiger partial charge in [0.1, 0.15) is 0 Å². The molecule has 4 atom stereocenters. The summed E-state index contributed by atoms with van der Waals surface area (Å²) >= 11 is 0. The highest BCUT2D eigenvalue weighted by molar-refractivity contribution is 7.51. The largest absolute Gasteiger partial charge is 0.777 e. The lowest BCUT2D eigenvalue weighted by molar-refractivity contribution is -0.0209. The van der Waals surface area contributed by atoms with Crippen molar-refractivity contribution < 1.29 is 55.9 Å². The van der Waals surface area contributed by atoms with Crippen LogP contribution in [-0.2, 0) is 36.4 Å². The first-order valence-electron chi connectivity index (χ1n) is 8.15. The van der Waals surface area contributed by atoms with Gasteiger partial charge in [-0.25, -0.2) is 18.3 Å². The molecule has 0 saturated carbocycles. The van der Waals surface area contributed by atoms with Crippen molar-refractivity contribution in [1.29, 1.82) is 0 Å². The Balaban J connectivity index is 6.22. The summed E-state index contributed by atoms with van der Waals surface area (Å²) in [5.41, 5.74) is -2.41. The predicted octanol–water partition coefficient (Wildman–Crippen LogP) is 0.159. The Morgan fingerprint density at radius 1 is 0.545 bits per heavy atom. The first-order valence-corrected chi connectivity index (χ1v) is 14.3. The quantitative estimate of drug-likeness (QED) is 0.142. The van der Waals surface area contributed by atoms with E-state index < -0.39 is 82.2 Å². The monoisotopic (exact) mass is 568 g/mol. The molecule has 0 rings (SSSR count). The van der Waals surface area contributed by atoms with Gasteiger partial charge in [-0.2, -0.15) is 0 Å². The van der Waals surface area contributed by atoms with E-state index in [1.807, 2.05) is 0 Å². The number of hydrogen-bond donors (Lipinski definition) is 4. The minimum Gasteiger partial charge on any atom is -0.777 e. The molecule has 0 aromatic rings. The molecule has 0 heterocycles. The maximum atomic E-state index is 11.8. The third-order valence-corrected chi connectivity index (χ3v) is 8.29. The molecule has 0 aliphatic rings. The van der Waals surface area contributed by atoms with E-state index in [1.165, 1.54) is 0 Å². The minimum absolute atomic E-state index is 0.534. The summed E-state index contributed by atoms with van der Waals surface area (Å²) in [6, 6.07) is 0. The summed E-state index contributed by atoms with van der Waals surface area (Å²) in [5.74, 6) is 0. The van der Waals surface area contributed by atoms with Crippen molar-refractivity contribution in [3.8, 4) is 0 Å². The Kier molecular flexibility index (Phi) is 12.6. The first-order chi connectivity index (χ1) is 14.6. The fourth-order valence-corrected chi connectivity index (χ4v) is 3.88. The Hall–Kier alpha value is 0.280. The summed E-state index contributed by atoms with van der Waals surface area (Å²) in [6.45, 7) is -5.16. The molecule has 20 nitrogen and oxygen atoms in total. The van der Waals surface area contributed by atoms with Crippen LogP contribution in [0.3, 0.4) is 0 Å². The third-order valence-electron chi connectivity index (χ3n) is 3.58. The van der Waals surface area contributed by atoms with Crippen molar-refractivity contribution >= 4 is 31.0 Å². The summed E-state index contributed by atoms with van der Waals surface area (Å²) in [6.07, 6.45) is 0. The molecule has 0 amide bonds. The highest BCUT2D eigenvalue weighted by Crippen LogP contribution is 2.52. The molecule has 0 bridgehead atoms. The van der Waals surface area contributed by atoms with Crippen molar-refractivity contribution in [3.63, 3.8) is 0 Å². The second kappa shape index (κ2) is 12.5. The standard InChI is InChI=1S/C9H24N4O16P4/c1-10(14)30(18,19)26-5-9(6-27-31(20,21)11(2)15,7-28-32(22,23)12(3)16)8-29-33(24,25)13(4)17/h5-8H2,1-4H3,(H,18,19)(H,20,21)(H,22,23)(H,24,25)/q-4. The number of rotatable bonds is 16. The zero-order valence-electron chi connectivity index (χ0n) is 17.6. The normalized spacial score (nSPS) is 22.1.